The number of carbonyl (C=O) groups excluding carboxylic acids is 1. The summed E-state index contributed by atoms with van der Waals surface area (Å²) in [5.74, 6) is 0. The lowest BCUT2D eigenvalue weighted by Gasteiger charge is -2.07. The van der Waals surface area contributed by atoms with E-state index in [-0.39, 0.29) is 12.3 Å². The number of non-ortho nitro benzene ring substituents is 1. The first-order chi connectivity index (χ1) is 10.1. The molecule has 108 valence electrons. The average Bonchev–Trinajstić information content (AvgIpc) is 2.48. The van der Waals surface area contributed by atoms with Crippen molar-refractivity contribution in [3.8, 4) is 0 Å². The Morgan fingerprint density at radius 3 is 2.62 bits per heavy atom. The van der Waals surface area contributed by atoms with Gasteiger partial charge in [-0.05, 0) is 11.6 Å². The summed E-state index contributed by atoms with van der Waals surface area (Å²) in [5.41, 5.74) is 3.33. The third-order valence-corrected chi connectivity index (χ3v) is 2.56. The van der Waals surface area contributed by atoms with Gasteiger partial charge in [0, 0.05) is 17.8 Å². The van der Waals surface area contributed by atoms with Crippen LogP contribution in [0.3, 0.4) is 0 Å². The second kappa shape index (κ2) is 7.01. The molecule has 21 heavy (non-hydrogen) atoms. The molecule has 0 fully saturated rings. The Kier molecular flexibility index (Phi) is 4.84. The van der Waals surface area contributed by atoms with Crippen LogP contribution in [0.5, 0.6) is 0 Å². The molecular weight excluding hydrogens is 274 g/mol. The molecule has 0 aliphatic heterocycles. The molecule has 0 saturated heterocycles. The summed E-state index contributed by atoms with van der Waals surface area (Å²) < 4.78 is 0. The quantitative estimate of drug-likeness (QED) is 0.653. The second-order valence-electron chi connectivity index (χ2n) is 4.14. The number of urea groups is 1. The minimum atomic E-state index is -0.605. The lowest BCUT2D eigenvalue weighted by molar-refractivity contribution is -0.384. The number of nitro groups is 1. The molecule has 2 amide bonds. The first-order valence-electron chi connectivity index (χ1n) is 6.12. The van der Waals surface area contributed by atoms with Crippen LogP contribution in [0.25, 0.3) is 0 Å². The molecule has 7 nitrogen and oxygen atoms in total. The highest BCUT2D eigenvalue weighted by Gasteiger charge is 2.07. The number of hydroxylamine groups is 1. The molecule has 0 aliphatic carbocycles. The van der Waals surface area contributed by atoms with E-state index in [1.165, 1.54) is 18.2 Å². The lowest BCUT2D eigenvalue weighted by atomic mass is 10.2. The first kappa shape index (κ1) is 14.5. The predicted molar refractivity (Wildman–Crippen MR) is 76.5 cm³/mol. The van der Waals surface area contributed by atoms with Crippen molar-refractivity contribution in [2.45, 2.75) is 6.61 Å². The Labute approximate surface area is 120 Å². The van der Waals surface area contributed by atoms with E-state index in [2.05, 4.69) is 10.8 Å². The number of anilines is 1. The van der Waals surface area contributed by atoms with Crippen LogP contribution >= 0.6 is 0 Å². The molecule has 0 radical (unpaired) electrons. The van der Waals surface area contributed by atoms with E-state index in [4.69, 9.17) is 4.84 Å². The van der Waals surface area contributed by atoms with Gasteiger partial charge >= 0.3 is 6.03 Å². The molecule has 2 aromatic rings. The van der Waals surface area contributed by atoms with Crippen LogP contribution < -0.4 is 10.8 Å². The molecule has 2 rings (SSSR count). The van der Waals surface area contributed by atoms with Crippen LogP contribution in [-0.2, 0) is 11.4 Å². The van der Waals surface area contributed by atoms with Gasteiger partial charge in [-0.15, -0.1) is 0 Å². The SMILES string of the molecule is O=C(NOCc1ccccc1)Nc1cccc([N+](=O)[O-])c1. The fourth-order valence-corrected chi connectivity index (χ4v) is 1.61. The monoisotopic (exact) mass is 287 g/mol. The van der Waals surface area contributed by atoms with Crippen LogP contribution in [0.4, 0.5) is 16.2 Å². The average molecular weight is 287 g/mol. The zero-order valence-electron chi connectivity index (χ0n) is 11.0. The van der Waals surface area contributed by atoms with E-state index >= 15 is 0 Å². The fraction of sp³-hybridized carbons (Fsp3) is 0.0714. The summed E-state index contributed by atoms with van der Waals surface area (Å²) in [6.45, 7) is 0.225. The molecule has 0 saturated carbocycles. The summed E-state index contributed by atoms with van der Waals surface area (Å²) in [6.07, 6.45) is 0. The number of carbonyl (C=O) groups is 1. The Bertz CT molecular complexity index is 631. The van der Waals surface area contributed by atoms with Crippen molar-refractivity contribution in [3.63, 3.8) is 0 Å². The van der Waals surface area contributed by atoms with Crippen LogP contribution in [0, 0.1) is 10.1 Å². The number of nitrogens with one attached hydrogen (secondary N) is 2. The summed E-state index contributed by atoms with van der Waals surface area (Å²) in [4.78, 5) is 26.7. The van der Waals surface area contributed by atoms with Gasteiger partial charge in [-0.3, -0.25) is 15.0 Å². The normalized spacial score (nSPS) is 9.90. The number of amides is 2. The van der Waals surface area contributed by atoms with Gasteiger partial charge in [0.15, 0.2) is 0 Å². The third kappa shape index (κ3) is 4.59. The van der Waals surface area contributed by atoms with Crippen LogP contribution in [-0.4, -0.2) is 11.0 Å². The van der Waals surface area contributed by atoms with Crippen molar-refractivity contribution in [2.75, 3.05) is 5.32 Å². The van der Waals surface area contributed by atoms with Crippen molar-refractivity contribution in [1.29, 1.82) is 0 Å². The van der Waals surface area contributed by atoms with Crippen molar-refractivity contribution in [1.82, 2.24) is 5.48 Å². The highest BCUT2D eigenvalue weighted by Crippen LogP contribution is 2.16. The van der Waals surface area contributed by atoms with Gasteiger partial charge < -0.3 is 5.32 Å². The maximum atomic E-state index is 11.6. The minimum absolute atomic E-state index is 0.0991. The number of nitro benzene ring substituents is 1. The highest BCUT2D eigenvalue weighted by atomic mass is 16.7. The van der Waals surface area contributed by atoms with E-state index in [0.29, 0.717) is 5.69 Å². The van der Waals surface area contributed by atoms with Gasteiger partial charge in [0.2, 0.25) is 0 Å². The highest BCUT2D eigenvalue weighted by molar-refractivity contribution is 5.88. The van der Waals surface area contributed by atoms with Gasteiger partial charge in [-0.1, -0.05) is 36.4 Å². The van der Waals surface area contributed by atoms with Gasteiger partial charge in [0.25, 0.3) is 5.69 Å². The van der Waals surface area contributed by atoms with Crippen LogP contribution in [0.15, 0.2) is 54.6 Å². The van der Waals surface area contributed by atoms with Crippen LogP contribution in [0.2, 0.25) is 0 Å². The molecule has 0 aliphatic rings. The molecule has 0 atom stereocenters. The lowest BCUT2D eigenvalue weighted by Crippen LogP contribution is -2.28. The third-order valence-electron chi connectivity index (χ3n) is 2.56. The molecule has 2 N–H and O–H groups in total. The predicted octanol–water partition coefficient (Wildman–Crippen LogP) is 2.85. The minimum Gasteiger partial charge on any atom is -0.306 e. The topological polar surface area (TPSA) is 93.5 Å². The number of benzene rings is 2. The zero-order chi connectivity index (χ0) is 15.1. The zero-order valence-corrected chi connectivity index (χ0v) is 11.0. The standard InChI is InChI=1S/C14H13N3O4/c18-14(16-21-10-11-5-2-1-3-6-11)15-12-7-4-8-13(9-12)17(19)20/h1-9H,10H2,(H2,15,16,18). The molecule has 0 unspecified atom stereocenters. The van der Waals surface area contributed by atoms with E-state index < -0.39 is 11.0 Å². The van der Waals surface area contributed by atoms with Crippen molar-refractivity contribution in [2.24, 2.45) is 0 Å². The van der Waals surface area contributed by atoms with Gasteiger partial charge in [0.05, 0.1) is 11.5 Å². The molecule has 0 bridgehead atoms. The smallest absolute Gasteiger partial charge is 0.306 e. The van der Waals surface area contributed by atoms with Gasteiger partial charge in [-0.25, -0.2) is 10.3 Å². The van der Waals surface area contributed by atoms with Gasteiger partial charge in [-0.2, -0.15) is 0 Å². The summed E-state index contributed by atoms with van der Waals surface area (Å²) in [6, 6.07) is 14.4. The number of nitrogens with zero attached hydrogens (tertiary/aromatic N) is 1. The Balaban J connectivity index is 1.82. The summed E-state index contributed by atoms with van der Waals surface area (Å²) in [5, 5.41) is 13.1. The number of hydrogen-bond acceptors (Lipinski definition) is 4. The van der Waals surface area contributed by atoms with E-state index in [1.807, 2.05) is 30.3 Å². The maximum Gasteiger partial charge on any atom is 0.343 e. The summed E-state index contributed by atoms with van der Waals surface area (Å²) in [7, 11) is 0. The van der Waals surface area contributed by atoms with E-state index in [9.17, 15) is 14.9 Å². The molecular formula is C14H13N3O4. The summed E-state index contributed by atoms with van der Waals surface area (Å²) >= 11 is 0. The molecule has 7 heteroatoms. The Hall–Kier alpha value is -2.93. The van der Waals surface area contributed by atoms with E-state index in [0.717, 1.165) is 5.56 Å². The van der Waals surface area contributed by atoms with Gasteiger partial charge in [0.1, 0.15) is 0 Å². The molecule has 2 aromatic carbocycles. The number of hydrogen-bond donors (Lipinski definition) is 2. The fourth-order valence-electron chi connectivity index (χ4n) is 1.61. The molecule has 0 heterocycles. The van der Waals surface area contributed by atoms with Crippen molar-refractivity contribution >= 4 is 17.4 Å². The number of rotatable bonds is 5. The molecule has 0 aromatic heterocycles. The maximum absolute atomic E-state index is 11.6. The van der Waals surface area contributed by atoms with E-state index in [1.54, 1.807) is 6.07 Å². The second-order valence-corrected chi connectivity index (χ2v) is 4.14. The molecule has 0 spiro atoms. The van der Waals surface area contributed by atoms with Crippen LogP contribution in [0.1, 0.15) is 5.56 Å². The van der Waals surface area contributed by atoms with Crippen molar-refractivity contribution < 1.29 is 14.6 Å². The Morgan fingerprint density at radius 1 is 1.14 bits per heavy atom. The largest absolute Gasteiger partial charge is 0.343 e. The first-order valence-corrected chi connectivity index (χ1v) is 6.12. The Morgan fingerprint density at radius 2 is 1.90 bits per heavy atom. The van der Waals surface area contributed by atoms with Crippen molar-refractivity contribution in [3.05, 3.63) is 70.3 Å².